The molecule has 1 saturated heterocycles. The Morgan fingerprint density at radius 3 is 2.53 bits per heavy atom. The normalized spacial score (nSPS) is 17.6. The molecule has 2 rings (SSSR count). The summed E-state index contributed by atoms with van der Waals surface area (Å²) in [5, 5.41) is 0. The lowest BCUT2D eigenvalue weighted by Crippen LogP contribution is -2.42. The van der Waals surface area contributed by atoms with Crippen LogP contribution in [-0.4, -0.2) is 29.9 Å². The van der Waals surface area contributed by atoms with E-state index in [-0.39, 0.29) is 11.9 Å². The van der Waals surface area contributed by atoms with E-state index in [9.17, 15) is 4.79 Å². The summed E-state index contributed by atoms with van der Waals surface area (Å²) >= 11 is 0. The predicted molar refractivity (Wildman–Crippen MR) is 69.3 cm³/mol. The van der Waals surface area contributed by atoms with Gasteiger partial charge in [-0.2, -0.15) is 0 Å². The molecule has 1 aromatic rings. The topological polar surface area (TPSA) is 46.3 Å². The molecule has 0 aliphatic carbocycles. The van der Waals surface area contributed by atoms with Crippen molar-refractivity contribution in [2.75, 3.05) is 13.1 Å². The Balaban J connectivity index is 1.91. The van der Waals surface area contributed by atoms with Gasteiger partial charge >= 0.3 is 0 Å². The van der Waals surface area contributed by atoms with Gasteiger partial charge < -0.3 is 10.6 Å². The van der Waals surface area contributed by atoms with Crippen molar-refractivity contribution in [2.45, 2.75) is 18.9 Å². The van der Waals surface area contributed by atoms with E-state index in [1.807, 2.05) is 41.3 Å². The average Bonchev–Trinajstić information content (AvgIpc) is 2.38. The molecule has 3 nitrogen and oxygen atoms in total. The molecule has 90 valence electrons. The van der Waals surface area contributed by atoms with Crippen molar-refractivity contribution in [3.63, 3.8) is 0 Å². The van der Waals surface area contributed by atoms with Gasteiger partial charge in [-0.25, -0.2) is 0 Å². The number of hydrogen-bond donors (Lipinski definition) is 1. The second-order valence-corrected chi connectivity index (χ2v) is 4.41. The molecule has 17 heavy (non-hydrogen) atoms. The monoisotopic (exact) mass is 230 g/mol. The summed E-state index contributed by atoms with van der Waals surface area (Å²) in [6, 6.07) is 10.1. The molecule has 1 aliphatic rings. The molecule has 0 aromatic heterocycles. The Morgan fingerprint density at radius 2 is 1.88 bits per heavy atom. The van der Waals surface area contributed by atoms with E-state index in [0.717, 1.165) is 31.5 Å². The lowest BCUT2D eigenvalue weighted by molar-refractivity contribution is -0.126. The second-order valence-electron chi connectivity index (χ2n) is 4.41. The zero-order chi connectivity index (χ0) is 12.1. The summed E-state index contributed by atoms with van der Waals surface area (Å²) in [4.78, 5) is 13.7. The van der Waals surface area contributed by atoms with Crippen LogP contribution >= 0.6 is 0 Å². The SMILES string of the molecule is NC1CCN(C(=O)C=Cc2ccccc2)CC1. The zero-order valence-corrected chi connectivity index (χ0v) is 9.88. The first kappa shape index (κ1) is 11.9. The third-order valence-electron chi connectivity index (χ3n) is 3.07. The standard InChI is InChI=1S/C14H18N2O/c15-13-8-10-16(11-9-13)14(17)7-6-12-4-2-1-3-5-12/h1-7,13H,8-11,15H2. The fourth-order valence-corrected chi connectivity index (χ4v) is 1.96. The van der Waals surface area contributed by atoms with Crippen LogP contribution in [0.2, 0.25) is 0 Å². The predicted octanol–water partition coefficient (Wildman–Crippen LogP) is 1.65. The summed E-state index contributed by atoms with van der Waals surface area (Å²) in [6.45, 7) is 1.55. The minimum absolute atomic E-state index is 0.0840. The van der Waals surface area contributed by atoms with Gasteiger partial charge in [-0.05, 0) is 24.5 Å². The zero-order valence-electron chi connectivity index (χ0n) is 9.88. The molecular formula is C14H18N2O. The molecule has 0 spiro atoms. The van der Waals surface area contributed by atoms with Gasteiger partial charge in [-0.1, -0.05) is 30.3 Å². The lowest BCUT2D eigenvalue weighted by Gasteiger charge is -2.29. The number of likely N-dealkylation sites (tertiary alicyclic amines) is 1. The van der Waals surface area contributed by atoms with Gasteiger partial charge in [-0.3, -0.25) is 4.79 Å². The van der Waals surface area contributed by atoms with Crippen LogP contribution in [0.5, 0.6) is 0 Å². The Kier molecular flexibility index (Phi) is 3.94. The Morgan fingerprint density at radius 1 is 1.24 bits per heavy atom. The van der Waals surface area contributed by atoms with E-state index < -0.39 is 0 Å². The number of amides is 1. The Hall–Kier alpha value is -1.61. The molecule has 1 heterocycles. The number of rotatable bonds is 2. The van der Waals surface area contributed by atoms with E-state index in [2.05, 4.69) is 0 Å². The molecule has 0 bridgehead atoms. The highest BCUT2D eigenvalue weighted by atomic mass is 16.2. The number of carbonyl (C=O) groups is 1. The number of piperidine rings is 1. The van der Waals surface area contributed by atoms with E-state index in [0.29, 0.717) is 0 Å². The van der Waals surface area contributed by atoms with Crippen LogP contribution in [0, 0.1) is 0 Å². The van der Waals surface area contributed by atoms with Crippen LogP contribution in [0.4, 0.5) is 0 Å². The van der Waals surface area contributed by atoms with E-state index in [1.165, 1.54) is 0 Å². The Labute approximate surface area is 102 Å². The average molecular weight is 230 g/mol. The number of hydrogen-bond acceptors (Lipinski definition) is 2. The summed E-state index contributed by atoms with van der Waals surface area (Å²) in [7, 11) is 0. The lowest BCUT2D eigenvalue weighted by atomic mass is 10.1. The summed E-state index contributed by atoms with van der Waals surface area (Å²) in [5.41, 5.74) is 6.86. The molecule has 1 aromatic carbocycles. The van der Waals surface area contributed by atoms with Crippen LogP contribution in [-0.2, 0) is 4.79 Å². The van der Waals surface area contributed by atoms with Crippen molar-refractivity contribution in [1.29, 1.82) is 0 Å². The second kappa shape index (κ2) is 5.64. The van der Waals surface area contributed by atoms with E-state index in [1.54, 1.807) is 6.08 Å². The van der Waals surface area contributed by atoms with Gasteiger partial charge in [0.1, 0.15) is 0 Å². The highest BCUT2D eigenvalue weighted by molar-refractivity contribution is 5.91. The van der Waals surface area contributed by atoms with Gasteiger partial charge in [0.15, 0.2) is 0 Å². The molecule has 0 saturated carbocycles. The maximum Gasteiger partial charge on any atom is 0.246 e. The first-order chi connectivity index (χ1) is 8.25. The fraction of sp³-hybridized carbons (Fsp3) is 0.357. The number of nitrogens with two attached hydrogens (primary N) is 1. The maximum atomic E-state index is 11.9. The highest BCUT2D eigenvalue weighted by Gasteiger charge is 2.18. The first-order valence-corrected chi connectivity index (χ1v) is 6.03. The van der Waals surface area contributed by atoms with E-state index in [4.69, 9.17) is 5.73 Å². The largest absolute Gasteiger partial charge is 0.339 e. The van der Waals surface area contributed by atoms with Crippen molar-refractivity contribution < 1.29 is 4.79 Å². The molecule has 3 heteroatoms. The minimum atomic E-state index is 0.0840. The van der Waals surface area contributed by atoms with Crippen molar-refractivity contribution in [2.24, 2.45) is 5.73 Å². The van der Waals surface area contributed by atoms with Crippen LogP contribution in [0.3, 0.4) is 0 Å². The molecule has 2 N–H and O–H groups in total. The van der Waals surface area contributed by atoms with Crippen molar-refractivity contribution in [3.05, 3.63) is 42.0 Å². The molecule has 1 fully saturated rings. The van der Waals surface area contributed by atoms with Crippen molar-refractivity contribution in [1.82, 2.24) is 4.90 Å². The van der Waals surface area contributed by atoms with Crippen LogP contribution < -0.4 is 5.73 Å². The molecule has 0 radical (unpaired) electrons. The summed E-state index contributed by atoms with van der Waals surface area (Å²) in [6.07, 6.45) is 5.32. The molecule has 0 unspecified atom stereocenters. The molecule has 0 atom stereocenters. The third-order valence-corrected chi connectivity index (χ3v) is 3.07. The Bertz CT molecular complexity index is 392. The first-order valence-electron chi connectivity index (χ1n) is 6.03. The quantitative estimate of drug-likeness (QED) is 0.785. The minimum Gasteiger partial charge on any atom is -0.339 e. The van der Waals surface area contributed by atoms with Gasteiger partial charge in [-0.15, -0.1) is 0 Å². The maximum absolute atomic E-state index is 11.9. The van der Waals surface area contributed by atoms with Crippen molar-refractivity contribution >= 4 is 12.0 Å². The molecular weight excluding hydrogens is 212 g/mol. The number of carbonyl (C=O) groups excluding carboxylic acids is 1. The van der Waals surface area contributed by atoms with Crippen LogP contribution in [0.1, 0.15) is 18.4 Å². The highest BCUT2D eigenvalue weighted by Crippen LogP contribution is 2.09. The van der Waals surface area contributed by atoms with Crippen molar-refractivity contribution in [3.8, 4) is 0 Å². The summed E-state index contributed by atoms with van der Waals surface area (Å²) in [5.74, 6) is 0.0840. The smallest absolute Gasteiger partial charge is 0.246 e. The third kappa shape index (κ3) is 3.43. The molecule has 1 aliphatic heterocycles. The van der Waals surface area contributed by atoms with Crippen LogP contribution in [0.15, 0.2) is 36.4 Å². The van der Waals surface area contributed by atoms with Gasteiger partial charge in [0.05, 0.1) is 0 Å². The van der Waals surface area contributed by atoms with Gasteiger partial charge in [0, 0.05) is 25.2 Å². The van der Waals surface area contributed by atoms with E-state index >= 15 is 0 Å². The van der Waals surface area contributed by atoms with Gasteiger partial charge in [0.2, 0.25) is 5.91 Å². The molecule has 1 amide bonds. The number of benzene rings is 1. The fourth-order valence-electron chi connectivity index (χ4n) is 1.96. The van der Waals surface area contributed by atoms with Gasteiger partial charge in [0.25, 0.3) is 0 Å². The number of nitrogens with zero attached hydrogens (tertiary/aromatic N) is 1. The van der Waals surface area contributed by atoms with Crippen LogP contribution in [0.25, 0.3) is 6.08 Å². The summed E-state index contributed by atoms with van der Waals surface area (Å²) < 4.78 is 0.